The predicted octanol–water partition coefficient (Wildman–Crippen LogP) is 3.46. The molecule has 1 fully saturated rings. The third-order valence-electron chi connectivity index (χ3n) is 3.02. The van der Waals surface area contributed by atoms with Crippen LogP contribution in [0, 0.1) is 6.92 Å². The van der Waals surface area contributed by atoms with Crippen molar-refractivity contribution in [2.75, 3.05) is 6.54 Å². The molecule has 1 aliphatic rings. The zero-order chi connectivity index (χ0) is 11.4. The molecule has 1 N–H and O–H groups in total. The molecule has 0 bridgehead atoms. The summed E-state index contributed by atoms with van der Waals surface area (Å²) in [6, 6.07) is 0.688. The summed E-state index contributed by atoms with van der Waals surface area (Å²) in [6.07, 6.45) is 5.42. The van der Waals surface area contributed by atoms with Gasteiger partial charge in [0.05, 0.1) is 0 Å². The van der Waals surface area contributed by atoms with Crippen LogP contribution in [0.1, 0.15) is 38.3 Å². The maximum absolute atomic E-state index is 4.55. The molecule has 1 heterocycles. The maximum Gasteiger partial charge on any atom is 0.150 e. The predicted molar refractivity (Wildman–Crippen MR) is 72.4 cm³/mol. The van der Waals surface area contributed by atoms with Crippen molar-refractivity contribution in [1.82, 2.24) is 10.3 Å². The molecule has 0 radical (unpaired) electrons. The average Bonchev–Trinajstić information content (AvgIpc) is 2.67. The molecule has 0 aromatic carbocycles. The molecule has 0 amide bonds. The Morgan fingerprint density at radius 1 is 1.50 bits per heavy atom. The first-order chi connectivity index (χ1) is 7.79. The lowest BCUT2D eigenvalue weighted by atomic mass is 9.95. The highest BCUT2D eigenvalue weighted by Crippen LogP contribution is 2.35. The minimum atomic E-state index is 0.688. The second-order valence-corrected chi connectivity index (χ2v) is 6.70. The van der Waals surface area contributed by atoms with Gasteiger partial charge in [-0.25, -0.2) is 4.98 Å². The summed E-state index contributed by atoms with van der Waals surface area (Å²) in [5, 5.41) is 6.49. The van der Waals surface area contributed by atoms with E-state index < -0.39 is 0 Å². The molecule has 1 aromatic rings. The van der Waals surface area contributed by atoms with Gasteiger partial charge in [0.25, 0.3) is 0 Å². The van der Waals surface area contributed by atoms with Gasteiger partial charge in [-0.1, -0.05) is 31.5 Å². The Labute approximate surface area is 106 Å². The van der Waals surface area contributed by atoms with Crippen LogP contribution in [0.4, 0.5) is 0 Å². The zero-order valence-electron chi connectivity index (χ0n) is 10.0. The van der Waals surface area contributed by atoms with Gasteiger partial charge in [-0.3, -0.25) is 0 Å². The second-order valence-electron chi connectivity index (χ2n) is 4.36. The lowest BCUT2D eigenvalue weighted by Crippen LogP contribution is -2.40. The molecule has 16 heavy (non-hydrogen) atoms. The summed E-state index contributed by atoms with van der Waals surface area (Å²) in [6.45, 7) is 5.35. The minimum Gasteiger partial charge on any atom is -0.313 e. The molecule has 1 aromatic heterocycles. The molecule has 4 heteroatoms. The van der Waals surface area contributed by atoms with Crippen molar-refractivity contribution in [1.29, 1.82) is 0 Å². The molecule has 0 saturated heterocycles. The van der Waals surface area contributed by atoms with Gasteiger partial charge < -0.3 is 5.32 Å². The zero-order valence-corrected chi connectivity index (χ0v) is 11.7. The average molecular weight is 256 g/mol. The summed E-state index contributed by atoms with van der Waals surface area (Å²) < 4.78 is 1.24. The fraction of sp³-hybridized carbons (Fsp3) is 0.750. The number of nitrogens with zero attached hydrogens (tertiary/aromatic N) is 1. The molecule has 2 atom stereocenters. The van der Waals surface area contributed by atoms with Gasteiger partial charge in [0, 0.05) is 22.4 Å². The first kappa shape index (κ1) is 12.4. The maximum atomic E-state index is 4.55. The Morgan fingerprint density at radius 2 is 2.31 bits per heavy atom. The Hall–Kier alpha value is -0.0600. The highest BCUT2D eigenvalue weighted by molar-refractivity contribution is 8.01. The van der Waals surface area contributed by atoms with Crippen LogP contribution in [0.5, 0.6) is 0 Å². The number of thioether (sulfide) groups is 1. The summed E-state index contributed by atoms with van der Waals surface area (Å²) in [7, 11) is 0. The summed E-state index contributed by atoms with van der Waals surface area (Å²) in [5.74, 6) is 0. The molecule has 90 valence electrons. The van der Waals surface area contributed by atoms with Crippen molar-refractivity contribution in [2.45, 2.75) is 55.2 Å². The first-order valence-corrected chi connectivity index (χ1v) is 7.87. The van der Waals surface area contributed by atoms with Crippen LogP contribution in [-0.4, -0.2) is 22.8 Å². The van der Waals surface area contributed by atoms with Gasteiger partial charge in [-0.15, -0.1) is 11.3 Å². The highest BCUT2D eigenvalue weighted by Gasteiger charge is 2.25. The van der Waals surface area contributed by atoms with Crippen molar-refractivity contribution < 1.29 is 0 Å². The van der Waals surface area contributed by atoms with E-state index in [0.29, 0.717) is 6.04 Å². The molecule has 0 aliphatic heterocycles. The summed E-state index contributed by atoms with van der Waals surface area (Å²) >= 11 is 3.77. The van der Waals surface area contributed by atoms with Gasteiger partial charge in [-0.2, -0.15) is 0 Å². The van der Waals surface area contributed by atoms with Crippen LogP contribution < -0.4 is 5.32 Å². The van der Waals surface area contributed by atoms with Crippen molar-refractivity contribution in [3.8, 4) is 0 Å². The van der Waals surface area contributed by atoms with Crippen molar-refractivity contribution in [2.24, 2.45) is 0 Å². The van der Waals surface area contributed by atoms with Crippen LogP contribution in [0.25, 0.3) is 0 Å². The smallest absolute Gasteiger partial charge is 0.150 e. The van der Waals surface area contributed by atoms with Crippen molar-refractivity contribution in [3.05, 3.63) is 11.1 Å². The number of rotatable bonds is 4. The summed E-state index contributed by atoms with van der Waals surface area (Å²) in [5.41, 5.74) is 1.16. The quantitative estimate of drug-likeness (QED) is 0.893. The topological polar surface area (TPSA) is 24.9 Å². The van der Waals surface area contributed by atoms with Crippen LogP contribution in [-0.2, 0) is 0 Å². The molecule has 2 rings (SSSR count). The molecular formula is C12H20N2S2. The molecule has 1 aliphatic carbocycles. The van der Waals surface area contributed by atoms with Gasteiger partial charge in [0.2, 0.25) is 0 Å². The van der Waals surface area contributed by atoms with Crippen LogP contribution in [0.3, 0.4) is 0 Å². The minimum absolute atomic E-state index is 0.688. The van der Waals surface area contributed by atoms with E-state index in [4.69, 9.17) is 0 Å². The Balaban J connectivity index is 1.95. The number of hydrogen-bond donors (Lipinski definition) is 1. The van der Waals surface area contributed by atoms with E-state index in [2.05, 4.69) is 29.5 Å². The number of hydrogen-bond acceptors (Lipinski definition) is 4. The molecule has 2 unspecified atom stereocenters. The van der Waals surface area contributed by atoms with Gasteiger partial charge >= 0.3 is 0 Å². The Kier molecular flexibility index (Phi) is 4.67. The second kappa shape index (κ2) is 6.03. The number of thiazole rings is 1. The number of aryl methyl sites for hydroxylation is 1. The number of nitrogens with one attached hydrogen (secondary N) is 1. The van der Waals surface area contributed by atoms with E-state index in [0.717, 1.165) is 17.5 Å². The molecule has 1 saturated carbocycles. The van der Waals surface area contributed by atoms with Crippen LogP contribution in [0.2, 0.25) is 0 Å². The largest absolute Gasteiger partial charge is 0.313 e. The van der Waals surface area contributed by atoms with Crippen molar-refractivity contribution in [3.63, 3.8) is 0 Å². The fourth-order valence-corrected chi connectivity index (χ4v) is 4.64. The standard InChI is InChI=1S/C12H20N2S2/c1-3-13-10-6-4-5-7-11(10)16-12-14-9(2)8-15-12/h8,10-11,13H,3-7H2,1-2H3. The Bertz CT molecular complexity index is 323. The van der Waals surface area contributed by atoms with E-state index in [-0.39, 0.29) is 0 Å². The lowest BCUT2D eigenvalue weighted by Gasteiger charge is -2.30. The fourth-order valence-electron chi connectivity index (χ4n) is 2.25. The lowest BCUT2D eigenvalue weighted by molar-refractivity contribution is 0.391. The molecular weight excluding hydrogens is 236 g/mol. The van der Waals surface area contributed by atoms with Gasteiger partial charge in [0.1, 0.15) is 4.34 Å². The van der Waals surface area contributed by atoms with E-state index in [9.17, 15) is 0 Å². The van der Waals surface area contributed by atoms with Gasteiger partial charge in [-0.05, 0) is 26.3 Å². The SMILES string of the molecule is CCNC1CCCCC1Sc1nc(C)cs1. The Morgan fingerprint density at radius 3 is 3.00 bits per heavy atom. The monoisotopic (exact) mass is 256 g/mol. The molecule has 2 nitrogen and oxygen atoms in total. The van der Waals surface area contributed by atoms with E-state index >= 15 is 0 Å². The number of aromatic nitrogens is 1. The van der Waals surface area contributed by atoms with Crippen LogP contribution >= 0.6 is 23.1 Å². The van der Waals surface area contributed by atoms with E-state index in [1.807, 2.05) is 11.8 Å². The van der Waals surface area contributed by atoms with E-state index in [1.165, 1.54) is 30.0 Å². The highest BCUT2D eigenvalue weighted by atomic mass is 32.2. The molecule has 0 spiro atoms. The van der Waals surface area contributed by atoms with E-state index in [1.54, 1.807) is 11.3 Å². The summed E-state index contributed by atoms with van der Waals surface area (Å²) in [4.78, 5) is 4.55. The van der Waals surface area contributed by atoms with Gasteiger partial charge in [0.15, 0.2) is 0 Å². The van der Waals surface area contributed by atoms with Crippen molar-refractivity contribution >= 4 is 23.1 Å². The third-order valence-corrected chi connectivity index (χ3v) is 5.51. The third kappa shape index (κ3) is 3.22. The normalized spacial score (nSPS) is 25.9. The van der Waals surface area contributed by atoms with Crippen LogP contribution in [0.15, 0.2) is 9.72 Å². The first-order valence-electron chi connectivity index (χ1n) is 6.11.